The number of aromatic nitrogens is 1. The summed E-state index contributed by atoms with van der Waals surface area (Å²) < 4.78 is 0. The zero-order chi connectivity index (χ0) is 17.1. The van der Waals surface area contributed by atoms with Crippen LogP contribution in [-0.2, 0) is 6.54 Å². The fourth-order valence-corrected chi connectivity index (χ4v) is 4.91. The van der Waals surface area contributed by atoms with Gasteiger partial charge in [0.05, 0.1) is 0 Å². The molecule has 3 nitrogen and oxygen atoms in total. The van der Waals surface area contributed by atoms with Gasteiger partial charge < -0.3 is 4.90 Å². The summed E-state index contributed by atoms with van der Waals surface area (Å²) in [4.78, 5) is 9.32. The van der Waals surface area contributed by atoms with Crippen molar-refractivity contribution in [2.75, 3.05) is 33.2 Å². The van der Waals surface area contributed by atoms with E-state index in [9.17, 15) is 0 Å². The summed E-state index contributed by atoms with van der Waals surface area (Å²) in [6.07, 6.45) is 7.81. The van der Waals surface area contributed by atoms with E-state index in [1.165, 1.54) is 56.6 Å². The monoisotopic (exact) mass is 335 g/mol. The topological polar surface area (TPSA) is 19.4 Å². The third-order valence-electron chi connectivity index (χ3n) is 6.16. The molecule has 0 N–H and O–H groups in total. The van der Waals surface area contributed by atoms with Gasteiger partial charge in [0.1, 0.15) is 0 Å². The molecule has 1 aromatic carbocycles. The molecule has 0 saturated carbocycles. The third-order valence-corrected chi connectivity index (χ3v) is 6.16. The highest BCUT2D eigenvalue weighted by Gasteiger charge is 2.41. The Labute approximate surface area is 151 Å². The Balaban J connectivity index is 1.41. The fourth-order valence-electron chi connectivity index (χ4n) is 4.91. The van der Waals surface area contributed by atoms with E-state index < -0.39 is 0 Å². The number of likely N-dealkylation sites (N-methyl/N-ethyl adjacent to an activating group) is 1. The Bertz CT molecular complexity index is 662. The second-order valence-electron chi connectivity index (χ2n) is 8.14. The van der Waals surface area contributed by atoms with Gasteiger partial charge in [-0.2, -0.15) is 0 Å². The van der Waals surface area contributed by atoms with Gasteiger partial charge in [0.15, 0.2) is 0 Å². The van der Waals surface area contributed by atoms with Crippen molar-refractivity contribution in [2.24, 2.45) is 5.41 Å². The number of nitrogens with zero attached hydrogens (tertiary/aromatic N) is 3. The van der Waals surface area contributed by atoms with Gasteiger partial charge in [-0.1, -0.05) is 30.3 Å². The Morgan fingerprint density at radius 1 is 1.04 bits per heavy atom. The summed E-state index contributed by atoms with van der Waals surface area (Å²) in [6.45, 7) is 5.97. The first-order valence-corrected chi connectivity index (χ1v) is 9.57. The normalized spacial score (nSPS) is 24.4. The molecule has 0 amide bonds. The zero-order valence-corrected chi connectivity index (χ0v) is 15.3. The smallest absolute Gasteiger partial charge is 0.0271 e. The maximum Gasteiger partial charge on any atom is 0.0271 e. The maximum absolute atomic E-state index is 4.13. The molecule has 1 spiro atoms. The fraction of sp³-hybridized carbons (Fsp3) is 0.500. The van der Waals surface area contributed by atoms with E-state index in [4.69, 9.17) is 0 Å². The van der Waals surface area contributed by atoms with Crippen LogP contribution in [0.4, 0.5) is 0 Å². The van der Waals surface area contributed by atoms with Crippen LogP contribution in [0, 0.1) is 5.41 Å². The van der Waals surface area contributed by atoms with Gasteiger partial charge in [0.2, 0.25) is 0 Å². The average Bonchev–Trinajstić information content (AvgIpc) is 2.65. The van der Waals surface area contributed by atoms with E-state index in [-0.39, 0.29) is 0 Å². The van der Waals surface area contributed by atoms with Gasteiger partial charge >= 0.3 is 0 Å². The summed E-state index contributed by atoms with van der Waals surface area (Å²) in [5.41, 5.74) is 3.41. The van der Waals surface area contributed by atoms with Crippen molar-refractivity contribution in [1.29, 1.82) is 0 Å². The Morgan fingerprint density at radius 3 is 2.48 bits per heavy atom. The standard InChI is InChI=1S/C22H29N3/c1-24-17-21(20-5-3-2-4-6-20)15-22(18-24)9-13-25(14-10-22)16-19-7-11-23-12-8-19/h2-8,11-12,21H,9-10,13-18H2,1H3. The lowest BCUT2D eigenvalue weighted by Gasteiger charge is -2.49. The molecule has 2 aromatic rings. The number of likely N-dealkylation sites (tertiary alicyclic amines) is 2. The van der Waals surface area contributed by atoms with Crippen LogP contribution in [0.2, 0.25) is 0 Å². The van der Waals surface area contributed by atoms with Crippen molar-refractivity contribution in [3.8, 4) is 0 Å². The highest BCUT2D eigenvalue weighted by Crippen LogP contribution is 2.44. The Morgan fingerprint density at radius 2 is 1.76 bits per heavy atom. The minimum atomic E-state index is 0.502. The Kier molecular flexibility index (Phi) is 4.87. The van der Waals surface area contributed by atoms with Crippen molar-refractivity contribution in [3.05, 3.63) is 66.0 Å². The Hall–Kier alpha value is -1.71. The molecule has 2 aliphatic rings. The van der Waals surface area contributed by atoms with Crippen molar-refractivity contribution in [3.63, 3.8) is 0 Å². The SMILES string of the molecule is CN1CC(c2ccccc2)CC2(CCN(Cc3ccncc3)CC2)C1. The maximum atomic E-state index is 4.13. The summed E-state index contributed by atoms with van der Waals surface area (Å²) in [5.74, 6) is 0.687. The van der Waals surface area contributed by atoms with Gasteiger partial charge in [-0.05, 0) is 74.0 Å². The number of pyridine rings is 1. The minimum absolute atomic E-state index is 0.502. The average molecular weight is 335 g/mol. The molecule has 2 aliphatic heterocycles. The molecule has 0 aliphatic carbocycles. The van der Waals surface area contributed by atoms with Gasteiger partial charge in [-0.25, -0.2) is 0 Å². The minimum Gasteiger partial charge on any atom is -0.305 e. The van der Waals surface area contributed by atoms with Crippen LogP contribution in [0.15, 0.2) is 54.9 Å². The molecule has 25 heavy (non-hydrogen) atoms. The van der Waals surface area contributed by atoms with Crippen molar-refractivity contribution in [1.82, 2.24) is 14.8 Å². The number of benzene rings is 1. The molecule has 1 aromatic heterocycles. The quantitative estimate of drug-likeness (QED) is 0.851. The van der Waals surface area contributed by atoms with Gasteiger partial charge in [0.25, 0.3) is 0 Å². The third kappa shape index (κ3) is 3.94. The van der Waals surface area contributed by atoms with Crippen LogP contribution in [-0.4, -0.2) is 48.0 Å². The highest BCUT2D eigenvalue weighted by molar-refractivity contribution is 5.21. The van der Waals surface area contributed by atoms with E-state index in [0.29, 0.717) is 11.3 Å². The second kappa shape index (κ2) is 7.27. The summed E-state index contributed by atoms with van der Waals surface area (Å²) >= 11 is 0. The van der Waals surface area contributed by atoms with E-state index >= 15 is 0 Å². The molecule has 132 valence electrons. The molecule has 0 bridgehead atoms. The molecule has 2 saturated heterocycles. The molecule has 2 fully saturated rings. The molecule has 3 heterocycles. The predicted molar refractivity (Wildman–Crippen MR) is 102 cm³/mol. The molecule has 1 unspecified atom stereocenters. The van der Waals surface area contributed by atoms with Crippen LogP contribution in [0.25, 0.3) is 0 Å². The molecule has 4 rings (SSSR count). The summed E-state index contributed by atoms with van der Waals surface area (Å²) in [6, 6.07) is 15.4. The van der Waals surface area contributed by atoms with Crippen molar-refractivity contribution >= 4 is 0 Å². The zero-order valence-electron chi connectivity index (χ0n) is 15.3. The lowest BCUT2D eigenvalue weighted by Crippen LogP contribution is -2.50. The van der Waals surface area contributed by atoms with Gasteiger partial charge in [0, 0.05) is 32.0 Å². The summed E-state index contributed by atoms with van der Waals surface area (Å²) in [7, 11) is 2.31. The molecule has 3 heteroatoms. The molecular formula is C22H29N3. The lowest BCUT2D eigenvalue weighted by molar-refractivity contribution is 0.0218. The van der Waals surface area contributed by atoms with Gasteiger partial charge in [-0.15, -0.1) is 0 Å². The number of piperidine rings is 2. The first kappa shape index (κ1) is 16.7. The van der Waals surface area contributed by atoms with Crippen molar-refractivity contribution in [2.45, 2.75) is 31.7 Å². The van der Waals surface area contributed by atoms with Crippen LogP contribution < -0.4 is 0 Å². The lowest BCUT2D eigenvalue weighted by atomic mass is 9.68. The van der Waals surface area contributed by atoms with E-state index in [0.717, 1.165) is 6.54 Å². The van der Waals surface area contributed by atoms with Crippen LogP contribution in [0.3, 0.4) is 0 Å². The number of rotatable bonds is 3. The van der Waals surface area contributed by atoms with E-state index in [1.54, 1.807) is 0 Å². The number of hydrogen-bond donors (Lipinski definition) is 0. The molecular weight excluding hydrogens is 306 g/mol. The first-order chi connectivity index (χ1) is 12.2. The largest absolute Gasteiger partial charge is 0.305 e. The highest BCUT2D eigenvalue weighted by atomic mass is 15.2. The molecule has 1 atom stereocenters. The van der Waals surface area contributed by atoms with E-state index in [1.807, 2.05) is 12.4 Å². The second-order valence-corrected chi connectivity index (χ2v) is 8.14. The number of hydrogen-bond acceptors (Lipinski definition) is 3. The van der Waals surface area contributed by atoms with E-state index in [2.05, 4.69) is 64.3 Å². The van der Waals surface area contributed by atoms with Gasteiger partial charge in [-0.3, -0.25) is 9.88 Å². The predicted octanol–water partition coefficient (Wildman–Crippen LogP) is 3.78. The van der Waals surface area contributed by atoms with Crippen molar-refractivity contribution < 1.29 is 0 Å². The molecule has 0 radical (unpaired) electrons. The van der Waals surface area contributed by atoms with Crippen LogP contribution >= 0.6 is 0 Å². The first-order valence-electron chi connectivity index (χ1n) is 9.57. The van der Waals surface area contributed by atoms with Crippen LogP contribution in [0.1, 0.15) is 36.3 Å². The summed E-state index contributed by atoms with van der Waals surface area (Å²) in [5, 5.41) is 0. The van der Waals surface area contributed by atoms with Crippen LogP contribution in [0.5, 0.6) is 0 Å².